The van der Waals surface area contributed by atoms with Crippen molar-refractivity contribution in [3.63, 3.8) is 0 Å². The van der Waals surface area contributed by atoms with E-state index in [4.69, 9.17) is 0 Å². The van der Waals surface area contributed by atoms with Crippen LogP contribution in [0.2, 0.25) is 0 Å². The first-order chi connectivity index (χ1) is 5.77. The van der Waals surface area contributed by atoms with Crippen molar-refractivity contribution in [2.75, 3.05) is 0 Å². The fourth-order valence-corrected chi connectivity index (χ4v) is 1.33. The summed E-state index contributed by atoms with van der Waals surface area (Å²) in [6.45, 7) is 4.38. The summed E-state index contributed by atoms with van der Waals surface area (Å²) < 4.78 is 0. The van der Waals surface area contributed by atoms with E-state index in [0.29, 0.717) is 5.92 Å². The Bertz CT molecular complexity index is 390. The van der Waals surface area contributed by atoms with Crippen molar-refractivity contribution in [2.45, 2.75) is 19.8 Å². The van der Waals surface area contributed by atoms with E-state index in [1.807, 2.05) is 12.3 Å². The van der Waals surface area contributed by atoms with Crippen LogP contribution < -0.4 is 0 Å². The van der Waals surface area contributed by atoms with E-state index >= 15 is 0 Å². The molecular weight excluding hydrogens is 235 g/mol. The number of rotatable bonds is 1. The average Bonchev–Trinajstić information content (AvgIpc) is 2.49. The summed E-state index contributed by atoms with van der Waals surface area (Å²) in [6, 6.07) is 9.55. The standard InChI is InChI=1S/C11H12N.Y/c1-8(2)10-4-3-9-5-6-12-11(9)7-10;/h4-8,12H,1-2H3;/q-1;. The molecule has 0 saturated heterocycles. The zero-order chi connectivity index (χ0) is 8.55. The molecule has 2 heteroatoms. The zero-order valence-electron chi connectivity index (χ0n) is 7.96. The second-order valence-corrected chi connectivity index (χ2v) is 3.39. The van der Waals surface area contributed by atoms with Gasteiger partial charge in [-0.05, 0) is 11.7 Å². The first kappa shape index (κ1) is 10.9. The van der Waals surface area contributed by atoms with Crippen molar-refractivity contribution < 1.29 is 32.7 Å². The Hall–Kier alpha value is -0.136. The van der Waals surface area contributed by atoms with E-state index in [1.54, 1.807) is 0 Å². The maximum atomic E-state index is 3.25. The van der Waals surface area contributed by atoms with Crippen LogP contribution in [-0.4, -0.2) is 4.98 Å². The third-order valence-electron chi connectivity index (χ3n) is 2.15. The molecule has 13 heavy (non-hydrogen) atoms. The molecule has 0 amide bonds. The summed E-state index contributed by atoms with van der Waals surface area (Å²) in [5.74, 6) is 0.578. The normalized spacial score (nSPS) is 10.4. The predicted octanol–water partition coefficient (Wildman–Crippen LogP) is 3.09. The van der Waals surface area contributed by atoms with Crippen LogP contribution in [0.4, 0.5) is 0 Å². The third kappa shape index (κ3) is 2.21. The quantitative estimate of drug-likeness (QED) is 0.745. The molecule has 2 rings (SSSR count). The number of aromatic nitrogens is 1. The van der Waals surface area contributed by atoms with Gasteiger partial charge in [0.25, 0.3) is 0 Å². The van der Waals surface area contributed by atoms with Gasteiger partial charge in [-0.2, -0.15) is 0 Å². The molecule has 0 aliphatic rings. The Labute approximate surface area is 104 Å². The van der Waals surface area contributed by atoms with E-state index in [-0.39, 0.29) is 32.7 Å². The van der Waals surface area contributed by atoms with E-state index in [9.17, 15) is 0 Å². The molecule has 0 atom stereocenters. The van der Waals surface area contributed by atoms with E-state index < -0.39 is 0 Å². The smallest absolute Gasteiger partial charge is 0 e. The molecule has 0 saturated carbocycles. The molecule has 1 radical (unpaired) electrons. The van der Waals surface area contributed by atoms with Gasteiger partial charge in [-0.25, -0.2) is 0 Å². The predicted molar refractivity (Wildman–Crippen MR) is 51.2 cm³/mol. The molecule has 0 fully saturated rings. The number of benzene rings is 1. The fraction of sp³-hybridized carbons (Fsp3) is 0.273. The van der Waals surface area contributed by atoms with Gasteiger partial charge < -0.3 is 4.98 Å². The monoisotopic (exact) mass is 247 g/mol. The molecular formula is C11H12NY-. The number of hydrogen-bond acceptors (Lipinski definition) is 0. The fourth-order valence-electron chi connectivity index (χ4n) is 1.33. The largest absolute Gasteiger partial charge is 0.409 e. The van der Waals surface area contributed by atoms with Gasteiger partial charge in [0.2, 0.25) is 0 Å². The van der Waals surface area contributed by atoms with Crippen LogP contribution in [0.1, 0.15) is 25.3 Å². The second-order valence-electron chi connectivity index (χ2n) is 3.39. The Balaban J connectivity index is 0.000000845. The van der Waals surface area contributed by atoms with Crippen LogP contribution in [0.15, 0.2) is 24.4 Å². The minimum atomic E-state index is 0. The maximum absolute atomic E-state index is 3.25. The van der Waals surface area contributed by atoms with Crippen LogP contribution in [0.5, 0.6) is 0 Å². The molecule has 0 unspecified atom stereocenters. The number of nitrogens with one attached hydrogen (secondary N) is 1. The van der Waals surface area contributed by atoms with Gasteiger partial charge in [-0.3, -0.25) is 0 Å². The molecule has 65 valence electrons. The van der Waals surface area contributed by atoms with E-state index in [1.165, 1.54) is 16.5 Å². The first-order valence-electron chi connectivity index (χ1n) is 4.26. The zero-order valence-corrected chi connectivity index (χ0v) is 10.8. The van der Waals surface area contributed by atoms with Gasteiger partial charge in [0.05, 0.1) is 0 Å². The Morgan fingerprint density at radius 2 is 2.15 bits per heavy atom. The molecule has 1 N–H and O–H groups in total. The van der Waals surface area contributed by atoms with Crippen LogP contribution in [-0.2, 0) is 32.7 Å². The van der Waals surface area contributed by atoms with Crippen LogP contribution >= 0.6 is 0 Å². The van der Waals surface area contributed by atoms with Crippen LogP contribution in [0.25, 0.3) is 10.9 Å². The SMILES string of the molecule is CC(C)c1c[c-]c2cc[nH]c2c1.[Y]. The van der Waals surface area contributed by atoms with Gasteiger partial charge in [0.15, 0.2) is 0 Å². The number of aromatic amines is 1. The third-order valence-corrected chi connectivity index (χ3v) is 2.15. The Morgan fingerprint density at radius 3 is 2.85 bits per heavy atom. The molecule has 1 aromatic carbocycles. The van der Waals surface area contributed by atoms with E-state index in [2.05, 4.69) is 37.0 Å². The minimum Gasteiger partial charge on any atom is -0.409 e. The Kier molecular flexibility index (Phi) is 3.69. The van der Waals surface area contributed by atoms with Crippen molar-refractivity contribution in [3.8, 4) is 0 Å². The van der Waals surface area contributed by atoms with Crippen molar-refractivity contribution >= 4 is 10.9 Å². The summed E-state index contributed by atoms with van der Waals surface area (Å²) >= 11 is 0. The molecule has 2 aromatic rings. The van der Waals surface area contributed by atoms with Gasteiger partial charge in [-0.15, -0.1) is 35.2 Å². The summed E-state index contributed by atoms with van der Waals surface area (Å²) in [4.78, 5) is 3.18. The van der Waals surface area contributed by atoms with Gasteiger partial charge in [-0.1, -0.05) is 19.8 Å². The topological polar surface area (TPSA) is 15.8 Å². The maximum Gasteiger partial charge on any atom is 0 e. The number of fused-ring (bicyclic) bond motifs is 1. The van der Waals surface area contributed by atoms with E-state index in [0.717, 1.165) is 0 Å². The van der Waals surface area contributed by atoms with Crippen LogP contribution in [0, 0.1) is 6.07 Å². The molecule has 0 aliphatic heterocycles. The summed E-state index contributed by atoms with van der Waals surface area (Å²) in [7, 11) is 0. The molecule has 1 aromatic heterocycles. The summed E-state index contributed by atoms with van der Waals surface area (Å²) in [5.41, 5.74) is 2.52. The van der Waals surface area contributed by atoms with Gasteiger partial charge in [0, 0.05) is 32.7 Å². The molecule has 0 aliphatic carbocycles. The van der Waals surface area contributed by atoms with Gasteiger partial charge in [0.1, 0.15) is 0 Å². The second kappa shape index (κ2) is 4.39. The first-order valence-corrected chi connectivity index (χ1v) is 4.26. The molecule has 1 nitrogen and oxygen atoms in total. The van der Waals surface area contributed by atoms with Crippen molar-refractivity contribution in [1.29, 1.82) is 0 Å². The minimum absolute atomic E-state index is 0. The number of H-pyrrole nitrogens is 1. The van der Waals surface area contributed by atoms with Crippen molar-refractivity contribution in [2.24, 2.45) is 0 Å². The summed E-state index contributed by atoms with van der Waals surface area (Å²) in [5, 5.41) is 1.17. The van der Waals surface area contributed by atoms with Gasteiger partial charge >= 0.3 is 0 Å². The van der Waals surface area contributed by atoms with Crippen molar-refractivity contribution in [1.82, 2.24) is 4.98 Å². The average molecular weight is 247 g/mol. The molecule has 0 bridgehead atoms. The Morgan fingerprint density at radius 1 is 1.38 bits per heavy atom. The summed E-state index contributed by atoms with van der Waals surface area (Å²) in [6.07, 6.45) is 1.95. The molecule has 1 heterocycles. The van der Waals surface area contributed by atoms with Crippen LogP contribution in [0.3, 0.4) is 0 Å². The number of hydrogen-bond donors (Lipinski definition) is 1. The van der Waals surface area contributed by atoms with Crippen molar-refractivity contribution in [3.05, 3.63) is 36.0 Å². The molecule has 0 spiro atoms.